The van der Waals surface area contributed by atoms with Crippen LogP contribution in [-0.2, 0) is 14.6 Å². The molecule has 1 aliphatic rings. The minimum absolute atomic E-state index is 0.0340. The number of nitrogens with one attached hydrogen (secondary N) is 1. The predicted octanol–water partition coefficient (Wildman–Crippen LogP) is 1.22. The van der Waals surface area contributed by atoms with Gasteiger partial charge in [0.1, 0.15) is 5.52 Å². The van der Waals surface area contributed by atoms with Gasteiger partial charge < -0.3 is 9.73 Å². The lowest BCUT2D eigenvalue weighted by molar-refractivity contribution is -0.119. The number of nitrogens with zero attached hydrogens (tertiary/aromatic N) is 1. The second-order valence-electron chi connectivity index (χ2n) is 4.90. The summed E-state index contributed by atoms with van der Waals surface area (Å²) in [7, 11) is -2.98. The van der Waals surface area contributed by atoms with Crippen molar-refractivity contribution in [2.75, 3.05) is 17.3 Å². The molecule has 0 unspecified atom stereocenters. The first-order valence-electron chi connectivity index (χ1n) is 6.50. The van der Waals surface area contributed by atoms with E-state index in [4.69, 9.17) is 4.42 Å². The first kappa shape index (κ1) is 14.4. The molecule has 1 atom stereocenters. The molecule has 2 heterocycles. The fourth-order valence-corrected chi connectivity index (χ4v) is 4.54. The SMILES string of the molecule is O=C(CSc1nc2ccccc2o1)N[C@@H]1CCS(=O)(=O)C1. The van der Waals surface area contributed by atoms with E-state index in [-0.39, 0.29) is 29.2 Å². The number of fused-ring (bicyclic) bond motifs is 1. The lowest BCUT2D eigenvalue weighted by Crippen LogP contribution is -2.36. The van der Waals surface area contributed by atoms with E-state index < -0.39 is 9.84 Å². The number of rotatable bonds is 4. The maximum Gasteiger partial charge on any atom is 0.257 e. The topological polar surface area (TPSA) is 89.3 Å². The van der Waals surface area contributed by atoms with Crippen molar-refractivity contribution in [3.05, 3.63) is 24.3 Å². The Labute approximate surface area is 126 Å². The van der Waals surface area contributed by atoms with Crippen LogP contribution < -0.4 is 5.32 Å². The number of hydrogen-bond acceptors (Lipinski definition) is 6. The van der Waals surface area contributed by atoms with Gasteiger partial charge in [0.2, 0.25) is 5.91 Å². The number of hydrogen-bond donors (Lipinski definition) is 1. The zero-order valence-electron chi connectivity index (χ0n) is 11.1. The largest absolute Gasteiger partial charge is 0.431 e. The van der Waals surface area contributed by atoms with Crippen molar-refractivity contribution in [2.24, 2.45) is 0 Å². The van der Waals surface area contributed by atoms with Crippen molar-refractivity contribution >= 4 is 38.6 Å². The number of para-hydroxylation sites is 2. The number of carbonyl (C=O) groups is 1. The zero-order valence-corrected chi connectivity index (χ0v) is 12.7. The number of benzene rings is 1. The molecule has 0 saturated carbocycles. The van der Waals surface area contributed by atoms with E-state index in [1.807, 2.05) is 24.3 Å². The van der Waals surface area contributed by atoms with E-state index in [9.17, 15) is 13.2 Å². The summed E-state index contributed by atoms with van der Waals surface area (Å²) < 4.78 is 28.1. The standard InChI is InChI=1S/C13H14N2O4S2/c16-12(14-9-5-6-21(17,18)8-9)7-20-13-15-10-3-1-2-4-11(10)19-13/h1-4,9H,5-8H2,(H,14,16)/t9-/m1/s1. The van der Waals surface area contributed by atoms with Crippen LogP contribution in [-0.4, -0.2) is 42.6 Å². The highest BCUT2D eigenvalue weighted by molar-refractivity contribution is 7.99. The van der Waals surface area contributed by atoms with Crippen molar-refractivity contribution in [2.45, 2.75) is 17.7 Å². The summed E-state index contributed by atoms with van der Waals surface area (Å²) in [5.74, 6) is 0.135. The van der Waals surface area contributed by atoms with Gasteiger partial charge in [-0.05, 0) is 18.6 Å². The molecule has 0 bridgehead atoms. The Morgan fingerprint density at radius 1 is 1.43 bits per heavy atom. The molecule has 112 valence electrons. The number of thioether (sulfide) groups is 1. The van der Waals surface area contributed by atoms with Gasteiger partial charge in [-0.25, -0.2) is 13.4 Å². The molecule has 0 radical (unpaired) electrons. The lowest BCUT2D eigenvalue weighted by Gasteiger charge is -2.09. The van der Waals surface area contributed by atoms with Crippen molar-refractivity contribution in [3.8, 4) is 0 Å². The van der Waals surface area contributed by atoms with Crippen molar-refractivity contribution in [3.63, 3.8) is 0 Å². The van der Waals surface area contributed by atoms with Crippen LogP contribution in [0.4, 0.5) is 0 Å². The molecular weight excluding hydrogens is 312 g/mol. The van der Waals surface area contributed by atoms with Crippen molar-refractivity contribution in [1.82, 2.24) is 10.3 Å². The van der Waals surface area contributed by atoms with Crippen LogP contribution in [0.3, 0.4) is 0 Å². The van der Waals surface area contributed by atoms with Gasteiger partial charge in [-0.3, -0.25) is 4.79 Å². The monoisotopic (exact) mass is 326 g/mol. The molecule has 1 aromatic carbocycles. The smallest absolute Gasteiger partial charge is 0.257 e. The number of sulfone groups is 1. The molecule has 1 saturated heterocycles. The van der Waals surface area contributed by atoms with E-state index in [0.29, 0.717) is 17.2 Å². The van der Waals surface area contributed by atoms with Gasteiger partial charge in [-0.2, -0.15) is 0 Å². The van der Waals surface area contributed by atoms with Gasteiger partial charge in [0, 0.05) is 6.04 Å². The number of aromatic nitrogens is 1. The minimum atomic E-state index is -2.98. The van der Waals surface area contributed by atoms with Crippen molar-refractivity contribution in [1.29, 1.82) is 0 Å². The summed E-state index contributed by atoms with van der Waals surface area (Å²) in [6, 6.07) is 7.11. The summed E-state index contributed by atoms with van der Waals surface area (Å²) in [5, 5.41) is 3.17. The minimum Gasteiger partial charge on any atom is -0.431 e. The van der Waals surface area contributed by atoms with Gasteiger partial charge in [0.05, 0.1) is 17.3 Å². The molecule has 6 nitrogen and oxygen atoms in total. The highest BCUT2D eigenvalue weighted by Gasteiger charge is 2.28. The van der Waals surface area contributed by atoms with Crippen LogP contribution in [0.25, 0.3) is 11.1 Å². The van der Waals surface area contributed by atoms with Crippen LogP contribution in [0.1, 0.15) is 6.42 Å². The van der Waals surface area contributed by atoms with E-state index in [0.717, 1.165) is 5.52 Å². The summed E-state index contributed by atoms with van der Waals surface area (Å²) in [5.41, 5.74) is 1.43. The Morgan fingerprint density at radius 3 is 2.95 bits per heavy atom. The molecule has 1 aliphatic heterocycles. The molecule has 3 rings (SSSR count). The fourth-order valence-electron chi connectivity index (χ4n) is 2.22. The molecule has 1 aromatic heterocycles. The third-order valence-corrected chi connectivity index (χ3v) is 5.79. The summed E-state index contributed by atoms with van der Waals surface area (Å²) in [6.07, 6.45) is 0.488. The average Bonchev–Trinajstić information content (AvgIpc) is 2.99. The van der Waals surface area contributed by atoms with Crippen LogP contribution >= 0.6 is 11.8 Å². The maximum absolute atomic E-state index is 11.8. The Morgan fingerprint density at radius 2 is 2.24 bits per heavy atom. The molecule has 0 spiro atoms. The molecule has 1 N–H and O–H groups in total. The van der Waals surface area contributed by atoms with Crippen LogP contribution in [0.5, 0.6) is 0 Å². The zero-order chi connectivity index (χ0) is 14.9. The Kier molecular flexibility index (Phi) is 3.90. The molecule has 1 fully saturated rings. The second-order valence-corrected chi connectivity index (χ2v) is 8.06. The summed E-state index contributed by atoms with van der Waals surface area (Å²) in [4.78, 5) is 16.1. The van der Waals surface area contributed by atoms with Crippen molar-refractivity contribution < 1.29 is 17.6 Å². The van der Waals surface area contributed by atoms with E-state index in [2.05, 4.69) is 10.3 Å². The molecule has 8 heteroatoms. The van der Waals surface area contributed by atoms with Gasteiger partial charge >= 0.3 is 0 Å². The molecule has 21 heavy (non-hydrogen) atoms. The van der Waals surface area contributed by atoms with E-state index in [1.54, 1.807) is 0 Å². The molecule has 1 amide bonds. The summed E-state index contributed by atoms with van der Waals surface area (Å²) in [6.45, 7) is 0. The first-order chi connectivity index (χ1) is 10.0. The van der Waals surface area contributed by atoms with Gasteiger partial charge in [0.25, 0.3) is 5.22 Å². The van der Waals surface area contributed by atoms with Gasteiger partial charge in [0.15, 0.2) is 15.4 Å². The van der Waals surface area contributed by atoms with E-state index in [1.165, 1.54) is 11.8 Å². The Bertz CT molecular complexity index is 736. The van der Waals surface area contributed by atoms with Gasteiger partial charge in [-0.15, -0.1) is 0 Å². The lowest BCUT2D eigenvalue weighted by atomic mass is 10.3. The predicted molar refractivity (Wildman–Crippen MR) is 79.9 cm³/mol. The van der Waals surface area contributed by atoms with Crippen LogP contribution in [0, 0.1) is 0 Å². The quantitative estimate of drug-likeness (QED) is 0.850. The van der Waals surface area contributed by atoms with Crippen LogP contribution in [0.15, 0.2) is 33.9 Å². The molecular formula is C13H14N2O4S2. The number of amides is 1. The third kappa shape index (κ3) is 3.56. The third-order valence-electron chi connectivity index (χ3n) is 3.20. The summed E-state index contributed by atoms with van der Waals surface area (Å²) >= 11 is 1.20. The fraction of sp³-hybridized carbons (Fsp3) is 0.385. The number of oxazole rings is 1. The number of carbonyl (C=O) groups excluding carboxylic acids is 1. The Balaban J connectivity index is 1.54. The maximum atomic E-state index is 11.8. The van der Waals surface area contributed by atoms with Crippen LogP contribution in [0.2, 0.25) is 0 Å². The Hall–Kier alpha value is -1.54. The molecule has 0 aliphatic carbocycles. The van der Waals surface area contributed by atoms with E-state index >= 15 is 0 Å². The van der Waals surface area contributed by atoms with Gasteiger partial charge in [-0.1, -0.05) is 23.9 Å². The molecule has 2 aromatic rings. The highest BCUT2D eigenvalue weighted by atomic mass is 32.2. The second kappa shape index (κ2) is 5.69. The first-order valence-corrected chi connectivity index (χ1v) is 9.31. The highest BCUT2D eigenvalue weighted by Crippen LogP contribution is 2.23. The normalized spacial score (nSPS) is 20.7. The average molecular weight is 326 g/mol.